The first kappa shape index (κ1) is 13.7. The number of para-hydroxylation sites is 2. The second-order valence-corrected chi connectivity index (χ2v) is 5.82. The van der Waals surface area contributed by atoms with Gasteiger partial charge in [-0.1, -0.05) is 43.3 Å². The van der Waals surface area contributed by atoms with Crippen LogP contribution in [0.2, 0.25) is 0 Å². The summed E-state index contributed by atoms with van der Waals surface area (Å²) in [6.45, 7) is 2.97. The summed E-state index contributed by atoms with van der Waals surface area (Å²) in [6.07, 6.45) is 1.39. The van der Waals surface area contributed by atoms with Crippen molar-refractivity contribution >= 4 is 17.3 Å². The highest BCUT2D eigenvalue weighted by Crippen LogP contribution is 2.30. The van der Waals surface area contributed by atoms with Crippen molar-refractivity contribution in [3.63, 3.8) is 0 Å². The van der Waals surface area contributed by atoms with Gasteiger partial charge in [-0.25, -0.2) is 0 Å². The van der Waals surface area contributed by atoms with E-state index >= 15 is 0 Å². The van der Waals surface area contributed by atoms with Gasteiger partial charge in [0.2, 0.25) is 5.91 Å². The number of anilines is 2. The van der Waals surface area contributed by atoms with Gasteiger partial charge in [0.15, 0.2) is 0 Å². The van der Waals surface area contributed by atoms with Crippen molar-refractivity contribution in [1.82, 2.24) is 0 Å². The van der Waals surface area contributed by atoms with E-state index in [1.54, 1.807) is 0 Å². The third-order valence-corrected chi connectivity index (χ3v) is 4.04. The largest absolute Gasteiger partial charge is 0.398 e. The number of fused-ring (bicyclic) bond motifs is 1. The van der Waals surface area contributed by atoms with Gasteiger partial charge in [-0.2, -0.15) is 0 Å². The maximum atomic E-state index is 12.7. The molecule has 2 aromatic rings. The van der Waals surface area contributed by atoms with Crippen LogP contribution in [-0.2, 0) is 17.6 Å². The van der Waals surface area contributed by atoms with E-state index in [9.17, 15) is 4.79 Å². The Bertz CT molecular complexity index is 666. The number of rotatable bonds is 2. The van der Waals surface area contributed by atoms with E-state index in [-0.39, 0.29) is 5.91 Å². The zero-order valence-electron chi connectivity index (χ0n) is 12.3. The maximum Gasteiger partial charge on any atom is 0.231 e. The third kappa shape index (κ3) is 2.77. The van der Waals surface area contributed by atoms with Crippen molar-refractivity contribution in [1.29, 1.82) is 0 Å². The molecule has 0 spiro atoms. The van der Waals surface area contributed by atoms with Crippen LogP contribution in [0.4, 0.5) is 11.4 Å². The fourth-order valence-electron chi connectivity index (χ4n) is 2.99. The first-order chi connectivity index (χ1) is 10.1. The Morgan fingerprint density at radius 2 is 1.90 bits per heavy atom. The molecular weight excluding hydrogens is 260 g/mol. The smallest absolute Gasteiger partial charge is 0.231 e. The lowest BCUT2D eigenvalue weighted by atomic mass is 9.93. The van der Waals surface area contributed by atoms with Gasteiger partial charge in [0.1, 0.15) is 0 Å². The van der Waals surface area contributed by atoms with E-state index in [1.807, 2.05) is 47.4 Å². The van der Waals surface area contributed by atoms with Crippen molar-refractivity contribution in [2.45, 2.75) is 19.8 Å². The van der Waals surface area contributed by atoms with Crippen LogP contribution >= 0.6 is 0 Å². The number of nitrogens with two attached hydrogens (primary N) is 1. The standard InChI is InChI=1S/C18H20N2O/c1-13-10-15-7-3-5-9-17(15)20(12-13)18(21)11-14-6-2-4-8-16(14)19/h2-9,13H,10-12,19H2,1H3. The molecule has 0 aliphatic carbocycles. The summed E-state index contributed by atoms with van der Waals surface area (Å²) in [7, 11) is 0. The molecule has 0 bridgehead atoms. The molecule has 108 valence electrons. The minimum absolute atomic E-state index is 0.118. The molecule has 2 N–H and O–H groups in total. The molecule has 1 unspecified atom stereocenters. The van der Waals surface area contributed by atoms with Crippen molar-refractivity contribution in [3.05, 3.63) is 59.7 Å². The van der Waals surface area contributed by atoms with Gasteiger partial charge in [0, 0.05) is 17.9 Å². The van der Waals surface area contributed by atoms with Crippen LogP contribution in [0.3, 0.4) is 0 Å². The molecule has 1 atom stereocenters. The van der Waals surface area contributed by atoms with Crippen molar-refractivity contribution in [2.24, 2.45) is 5.92 Å². The molecule has 1 amide bonds. The zero-order chi connectivity index (χ0) is 14.8. The second-order valence-electron chi connectivity index (χ2n) is 5.82. The number of benzene rings is 2. The topological polar surface area (TPSA) is 46.3 Å². The summed E-state index contributed by atoms with van der Waals surface area (Å²) >= 11 is 0. The molecule has 1 aliphatic heterocycles. The number of nitrogens with zero attached hydrogens (tertiary/aromatic N) is 1. The summed E-state index contributed by atoms with van der Waals surface area (Å²) in [5.74, 6) is 0.601. The number of hydrogen-bond acceptors (Lipinski definition) is 2. The Labute approximate surface area is 125 Å². The van der Waals surface area contributed by atoms with Crippen molar-refractivity contribution in [2.75, 3.05) is 17.2 Å². The number of hydrogen-bond donors (Lipinski definition) is 1. The average molecular weight is 280 g/mol. The lowest BCUT2D eigenvalue weighted by molar-refractivity contribution is -0.118. The molecule has 0 saturated heterocycles. The van der Waals surface area contributed by atoms with Gasteiger partial charge in [-0.3, -0.25) is 4.79 Å². The number of carbonyl (C=O) groups excluding carboxylic acids is 1. The molecule has 0 aromatic heterocycles. The summed E-state index contributed by atoms with van der Waals surface area (Å²) in [5, 5.41) is 0. The predicted octanol–water partition coefficient (Wildman–Crippen LogP) is 3.04. The van der Waals surface area contributed by atoms with Crippen LogP contribution < -0.4 is 10.6 Å². The fourth-order valence-corrected chi connectivity index (χ4v) is 2.99. The lowest BCUT2D eigenvalue weighted by Gasteiger charge is -2.33. The molecule has 21 heavy (non-hydrogen) atoms. The monoisotopic (exact) mass is 280 g/mol. The molecule has 0 fully saturated rings. The highest BCUT2D eigenvalue weighted by molar-refractivity contribution is 5.96. The van der Waals surface area contributed by atoms with Gasteiger partial charge < -0.3 is 10.6 Å². The normalized spacial score (nSPS) is 17.4. The first-order valence-corrected chi connectivity index (χ1v) is 7.37. The molecule has 1 heterocycles. The van der Waals surface area contributed by atoms with Crippen LogP contribution in [0.1, 0.15) is 18.1 Å². The third-order valence-electron chi connectivity index (χ3n) is 4.04. The van der Waals surface area contributed by atoms with Crippen LogP contribution in [0.25, 0.3) is 0 Å². The van der Waals surface area contributed by atoms with E-state index in [4.69, 9.17) is 5.73 Å². The summed E-state index contributed by atoms with van der Waals surface area (Å²) in [5.41, 5.74) is 9.84. The first-order valence-electron chi connectivity index (χ1n) is 7.37. The van der Waals surface area contributed by atoms with Crippen molar-refractivity contribution in [3.8, 4) is 0 Å². The molecule has 3 nitrogen and oxygen atoms in total. The average Bonchev–Trinajstić information content (AvgIpc) is 2.48. The van der Waals surface area contributed by atoms with Crippen LogP contribution in [0, 0.1) is 5.92 Å². The Balaban J connectivity index is 1.87. The highest BCUT2D eigenvalue weighted by atomic mass is 16.2. The molecule has 0 radical (unpaired) electrons. The van der Waals surface area contributed by atoms with Crippen LogP contribution in [0.5, 0.6) is 0 Å². The van der Waals surface area contributed by atoms with Crippen LogP contribution in [-0.4, -0.2) is 12.5 Å². The molecule has 3 heteroatoms. The quantitative estimate of drug-likeness (QED) is 0.859. The molecule has 2 aromatic carbocycles. The molecular formula is C18H20N2O. The highest BCUT2D eigenvalue weighted by Gasteiger charge is 2.26. The number of carbonyl (C=O) groups is 1. The summed E-state index contributed by atoms with van der Waals surface area (Å²) < 4.78 is 0. The Kier molecular flexibility index (Phi) is 3.65. The SMILES string of the molecule is CC1Cc2ccccc2N(C(=O)Cc2ccccc2N)C1. The minimum Gasteiger partial charge on any atom is -0.398 e. The zero-order valence-corrected chi connectivity index (χ0v) is 12.3. The maximum absolute atomic E-state index is 12.7. The predicted molar refractivity (Wildman–Crippen MR) is 86.2 cm³/mol. The lowest BCUT2D eigenvalue weighted by Crippen LogP contribution is -2.40. The van der Waals surface area contributed by atoms with Gasteiger partial charge in [-0.05, 0) is 35.6 Å². The van der Waals surface area contributed by atoms with Gasteiger partial charge in [0.05, 0.1) is 6.42 Å². The van der Waals surface area contributed by atoms with Crippen LogP contribution in [0.15, 0.2) is 48.5 Å². The summed E-state index contributed by atoms with van der Waals surface area (Å²) in [6, 6.07) is 15.8. The van der Waals surface area contributed by atoms with Gasteiger partial charge in [-0.15, -0.1) is 0 Å². The molecule has 1 aliphatic rings. The summed E-state index contributed by atoms with van der Waals surface area (Å²) in [4.78, 5) is 14.6. The number of nitrogen functional groups attached to an aromatic ring is 1. The van der Waals surface area contributed by atoms with E-state index in [2.05, 4.69) is 13.0 Å². The second kappa shape index (κ2) is 5.60. The fraction of sp³-hybridized carbons (Fsp3) is 0.278. The Hall–Kier alpha value is -2.29. The molecule has 3 rings (SSSR count). The van der Waals surface area contributed by atoms with E-state index in [0.29, 0.717) is 18.0 Å². The molecule has 0 saturated carbocycles. The minimum atomic E-state index is 0.118. The van der Waals surface area contributed by atoms with E-state index < -0.39 is 0 Å². The van der Waals surface area contributed by atoms with Crippen molar-refractivity contribution < 1.29 is 4.79 Å². The van der Waals surface area contributed by atoms with Gasteiger partial charge in [0.25, 0.3) is 0 Å². The Morgan fingerprint density at radius 3 is 2.71 bits per heavy atom. The number of amides is 1. The van der Waals surface area contributed by atoms with E-state index in [1.165, 1.54) is 5.56 Å². The Morgan fingerprint density at radius 1 is 1.19 bits per heavy atom. The van der Waals surface area contributed by atoms with Gasteiger partial charge >= 0.3 is 0 Å². The van der Waals surface area contributed by atoms with E-state index in [0.717, 1.165) is 24.2 Å².